The molecule has 3 aliphatic rings. The van der Waals surface area contributed by atoms with Crippen molar-refractivity contribution in [3.8, 4) is 11.8 Å². The molecule has 2 fully saturated rings. The first-order valence-corrected chi connectivity index (χ1v) is 18.9. The van der Waals surface area contributed by atoms with Gasteiger partial charge in [-0.15, -0.1) is 0 Å². The summed E-state index contributed by atoms with van der Waals surface area (Å²) in [6.45, 7) is 10.3. The second-order valence-corrected chi connectivity index (χ2v) is 14.9. The molecule has 0 spiro atoms. The van der Waals surface area contributed by atoms with Crippen LogP contribution >= 0.6 is 23.8 Å². The third kappa shape index (κ3) is 8.53. The molecule has 3 N–H and O–H groups in total. The van der Waals surface area contributed by atoms with Gasteiger partial charge in [0.25, 0.3) is 5.91 Å². The van der Waals surface area contributed by atoms with Crippen molar-refractivity contribution in [3.05, 3.63) is 88.7 Å². The van der Waals surface area contributed by atoms with Crippen molar-refractivity contribution in [3.63, 3.8) is 0 Å². The van der Waals surface area contributed by atoms with Crippen molar-refractivity contribution in [2.45, 2.75) is 58.5 Å². The van der Waals surface area contributed by atoms with Crippen LogP contribution in [0, 0.1) is 11.3 Å². The Morgan fingerprint density at radius 1 is 1.07 bits per heavy atom. The minimum Gasteiger partial charge on any atom is -0.491 e. The zero-order chi connectivity index (χ0) is 39.4. The average Bonchev–Trinajstić information content (AvgIpc) is 3.32. The van der Waals surface area contributed by atoms with E-state index in [-0.39, 0.29) is 41.6 Å². The number of nitriles is 1. The van der Waals surface area contributed by atoms with Crippen molar-refractivity contribution in [2.75, 3.05) is 53.2 Å². The first kappa shape index (κ1) is 39.1. The van der Waals surface area contributed by atoms with E-state index in [1.165, 1.54) is 4.90 Å². The van der Waals surface area contributed by atoms with Crippen LogP contribution in [-0.2, 0) is 25.6 Å². The molecule has 0 radical (unpaired) electrons. The van der Waals surface area contributed by atoms with Gasteiger partial charge in [-0.3, -0.25) is 29.4 Å². The maximum Gasteiger partial charge on any atom is 0.259 e. The van der Waals surface area contributed by atoms with Gasteiger partial charge in [0.2, 0.25) is 17.7 Å². The van der Waals surface area contributed by atoms with Crippen LogP contribution in [0.25, 0.3) is 0 Å². The first-order valence-electron chi connectivity index (χ1n) is 18.1. The second kappa shape index (κ2) is 16.4. The smallest absolute Gasteiger partial charge is 0.259 e. The minimum atomic E-state index is -0.972. The number of hydrogen-bond donors (Lipinski definition) is 3. The number of piperidine rings is 1. The lowest BCUT2D eigenvalue weighted by atomic mass is 10.0. The number of halogens is 1. The number of carbonyl (C=O) groups is 4. The van der Waals surface area contributed by atoms with Crippen molar-refractivity contribution in [1.82, 2.24) is 15.1 Å². The normalized spacial score (nSPS) is 18.2. The van der Waals surface area contributed by atoms with E-state index in [4.69, 9.17) is 28.6 Å². The van der Waals surface area contributed by atoms with Crippen molar-refractivity contribution < 1.29 is 23.9 Å². The van der Waals surface area contributed by atoms with Crippen LogP contribution in [0.4, 0.5) is 22.7 Å². The fraction of sp³-hybridized carbons (Fsp3) is 0.350. The zero-order valence-electron chi connectivity index (χ0n) is 31.1. The van der Waals surface area contributed by atoms with Gasteiger partial charge < -0.3 is 30.1 Å². The van der Waals surface area contributed by atoms with Gasteiger partial charge in [-0.2, -0.15) is 5.26 Å². The monoisotopic (exact) mass is 782 g/mol. The maximum absolute atomic E-state index is 13.7. The van der Waals surface area contributed by atoms with Crippen LogP contribution in [0.2, 0.25) is 5.02 Å². The maximum atomic E-state index is 13.7. The van der Waals surface area contributed by atoms with Crippen LogP contribution in [0.1, 0.15) is 51.7 Å². The number of aryl methyl sites for hydroxylation is 1. The Morgan fingerprint density at radius 2 is 1.84 bits per heavy atom. The number of hydrogen-bond acceptors (Lipinski definition) is 10. The quantitative estimate of drug-likeness (QED) is 0.160. The standard InChI is InChI=1S/C40H43ClN8O5S/c1-5-26-19-31(49-39(55)48(38(53)40(49,3)4)30-10-9-27(22-42)32(41)21-30)11-13-34(26)54-18-17-46-15-16-47(25(2)23-46)24-36(51)44-29-8-6-7-28(20-29)43-33-12-14-35(50)45-37(33)52/h6-11,13,19-21,23,33,43H,5,12,14-18,24H2,1-4H3,(H,44,51)(H,45,50,52). The van der Waals surface area contributed by atoms with Crippen molar-refractivity contribution in [2.24, 2.45) is 0 Å². The van der Waals surface area contributed by atoms with E-state index in [2.05, 4.69) is 20.9 Å². The molecule has 3 heterocycles. The van der Waals surface area contributed by atoms with Crippen LogP contribution in [0.15, 0.2) is 72.6 Å². The molecule has 1 unspecified atom stereocenters. The Bertz CT molecular complexity index is 2120. The Kier molecular flexibility index (Phi) is 11.6. The highest BCUT2D eigenvalue weighted by molar-refractivity contribution is 7.81. The summed E-state index contributed by atoms with van der Waals surface area (Å²) >= 11 is 12.1. The van der Waals surface area contributed by atoms with Gasteiger partial charge >= 0.3 is 0 Å². The fourth-order valence-corrected chi connectivity index (χ4v) is 7.63. The summed E-state index contributed by atoms with van der Waals surface area (Å²) in [7, 11) is 0. The molecule has 3 aromatic rings. The third-order valence-corrected chi connectivity index (χ3v) is 10.6. The van der Waals surface area contributed by atoms with Gasteiger partial charge in [-0.25, -0.2) is 0 Å². The largest absolute Gasteiger partial charge is 0.491 e. The van der Waals surface area contributed by atoms with Crippen molar-refractivity contribution in [1.29, 1.82) is 5.26 Å². The predicted octanol–water partition coefficient (Wildman–Crippen LogP) is 5.40. The number of ether oxygens (including phenoxy) is 1. The average molecular weight is 783 g/mol. The lowest BCUT2D eigenvalue weighted by Crippen LogP contribution is -2.47. The summed E-state index contributed by atoms with van der Waals surface area (Å²) < 4.78 is 6.27. The molecule has 286 valence electrons. The van der Waals surface area contributed by atoms with Gasteiger partial charge in [-0.05, 0) is 106 Å². The molecule has 55 heavy (non-hydrogen) atoms. The number of amides is 4. The number of nitrogens with one attached hydrogen (secondary N) is 3. The predicted molar refractivity (Wildman–Crippen MR) is 216 cm³/mol. The van der Waals surface area contributed by atoms with Gasteiger partial charge in [0.1, 0.15) is 30.0 Å². The topological polar surface area (TPSA) is 150 Å². The highest BCUT2D eigenvalue weighted by Gasteiger charge is 2.50. The van der Waals surface area contributed by atoms with E-state index in [1.807, 2.05) is 74.0 Å². The summed E-state index contributed by atoms with van der Waals surface area (Å²) in [5.74, 6) is -0.234. The molecule has 3 aromatic carbocycles. The van der Waals surface area contributed by atoms with Crippen LogP contribution in [0.3, 0.4) is 0 Å². The van der Waals surface area contributed by atoms with Crippen LogP contribution in [-0.4, -0.2) is 82.9 Å². The number of imide groups is 1. The molecular formula is C40H43ClN8O5S. The lowest BCUT2D eigenvalue weighted by molar-refractivity contribution is -0.133. The zero-order valence-corrected chi connectivity index (χ0v) is 32.7. The molecule has 0 aliphatic carbocycles. The lowest BCUT2D eigenvalue weighted by Gasteiger charge is -2.34. The molecule has 0 saturated carbocycles. The molecule has 3 aliphatic heterocycles. The highest BCUT2D eigenvalue weighted by Crippen LogP contribution is 2.39. The minimum absolute atomic E-state index is 0.160. The number of nitrogens with zero attached hydrogens (tertiary/aromatic N) is 5. The number of benzene rings is 3. The van der Waals surface area contributed by atoms with E-state index in [9.17, 15) is 24.4 Å². The molecule has 15 heteroatoms. The Labute approximate surface area is 330 Å². The van der Waals surface area contributed by atoms with E-state index in [0.717, 1.165) is 29.2 Å². The Morgan fingerprint density at radius 3 is 2.55 bits per heavy atom. The van der Waals surface area contributed by atoms with Gasteiger partial charge in [0.05, 0.1) is 29.4 Å². The SMILES string of the molecule is CCc1cc(N2C(=S)N(c3ccc(C#N)c(Cl)c3)C(=O)C2(C)C)ccc1OCCN1C=C(C)N(CC(=O)Nc2cccc(NC3CCC(=O)NC3=O)c2)CC1. The molecule has 2 saturated heterocycles. The number of carbonyl (C=O) groups excluding carboxylic acids is 4. The Hall–Kier alpha value is -5.65. The highest BCUT2D eigenvalue weighted by atomic mass is 35.5. The molecule has 13 nitrogen and oxygen atoms in total. The van der Waals surface area contributed by atoms with Gasteiger partial charge in [0.15, 0.2) is 5.11 Å². The first-order chi connectivity index (χ1) is 26.3. The van der Waals surface area contributed by atoms with E-state index >= 15 is 0 Å². The molecule has 6 rings (SSSR count). The van der Waals surface area contributed by atoms with E-state index in [0.29, 0.717) is 60.3 Å². The van der Waals surface area contributed by atoms with E-state index < -0.39 is 11.6 Å². The van der Waals surface area contributed by atoms with Crippen molar-refractivity contribution >= 4 is 75.3 Å². The number of thiocarbonyl (C=S) groups is 1. The molecular weight excluding hydrogens is 740 g/mol. The molecule has 0 bridgehead atoms. The van der Waals surface area contributed by atoms with Gasteiger partial charge in [-0.1, -0.05) is 24.6 Å². The summed E-state index contributed by atoms with van der Waals surface area (Å²) in [6, 6.07) is 19.4. The van der Waals surface area contributed by atoms with Gasteiger partial charge in [0, 0.05) is 48.5 Å². The second-order valence-electron chi connectivity index (χ2n) is 14.1. The van der Waals surface area contributed by atoms with Crippen LogP contribution < -0.4 is 30.5 Å². The molecule has 0 aromatic heterocycles. The summed E-state index contributed by atoms with van der Waals surface area (Å²) in [6.07, 6.45) is 3.43. The number of rotatable bonds is 12. The number of allylic oxidation sites excluding steroid dienone is 1. The molecule has 4 amide bonds. The van der Waals surface area contributed by atoms with Crippen LogP contribution in [0.5, 0.6) is 5.75 Å². The number of anilines is 4. The fourth-order valence-electron chi connectivity index (χ4n) is 6.89. The molecule has 1 atom stereocenters. The summed E-state index contributed by atoms with van der Waals surface area (Å²) in [4.78, 5) is 57.8. The summed E-state index contributed by atoms with van der Waals surface area (Å²) in [5.41, 5.74) is 3.84. The Balaban J connectivity index is 1.02. The summed E-state index contributed by atoms with van der Waals surface area (Å²) in [5, 5.41) is 18.3. The van der Waals surface area contributed by atoms with E-state index in [1.54, 1.807) is 36.4 Å². The third-order valence-electron chi connectivity index (χ3n) is 9.90.